The molecule has 8 nitrogen and oxygen atoms in total. The van der Waals surface area contributed by atoms with Crippen LogP contribution < -0.4 is 24.8 Å². The molecule has 0 aliphatic carbocycles. The third-order valence-corrected chi connectivity index (χ3v) is 2.92. The molecule has 0 radical (unpaired) electrons. The van der Waals surface area contributed by atoms with E-state index in [2.05, 4.69) is 25.8 Å². The predicted octanol–water partition coefficient (Wildman–Crippen LogP) is 2.46. The second-order valence-corrected chi connectivity index (χ2v) is 5.00. The van der Waals surface area contributed by atoms with Crippen LogP contribution in [0, 0.1) is 0 Å². The molecule has 8 heteroatoms. The van der Waals surface area contributed by atoms with E-state index in [9.17, 15) is 0 Å². The molecule has 23 heavy (non-hydrogen) atoms. The molecule has 1 heterocycles. The zero-order valence-electron chi connectivity index (χ0n) is 13.9. The molecule has 0 aliphatic rings. The van der Waals surface area contributed by atoms with Crippen molar-refractivity contribution in [1.29, 1.82) is 0 Å². The fourth-order valence-electron chi connectivity index (χ4n) is 2.00. The smallest absolute Gasteiger partial charge is 0.249 e. The molecule has 0 spiro atoms. The minimum absolute atomic E-state index is 0.251. The van der Waals surface area contributed by atoms with Crippen molar-refractivity contribution in [2.24, 2.45) is 0 Å². The molecule has 0 unspecified atom stereocenters. The van der Waals surface area contributed by atoms with Gasteiger partial charge in [-0.05, 0) is 13.8 Å². The average molecular weight is 319 g/mol. The number of nitrogens with one attached hydrogen (secondary N) is 2. The summed E-state index contributed by atoms with van der Waals surface area (Å²) in [6.45, 7) is 4.04. The van der Waals surface area contributed by atoms with Crippen LogP contribution in [0.15, 0.2) is 18.3 Å². The van der Waals surface area contributed by atoms with Crippen molar-refractivity contribution in [3.63, 3.8) is 0 Å². The number of benzene rings is 1. The Morgan fingerprint density at radius 2 is 1.65 bits per heavy atom. The van der Waals surface area contributed by atoms with Gasteiger partial charge in [-0.15, -0.1) is 5.10 Å². The van der Waals surface area contributed by atoms with Gasteiger partial charge < -0.3 is 24.8 Å². The molecule has 0 saturated carbocycles. The van der Waals surface area contributed by atoms with Crippen LogP contribution in [-0.4, -0.2) is 42.6 Å². The van der Waals surface area contributed by atoms with Crippen molar-refractivity contribution in [3.8, 4) is 17.2 Å². The van der Waals surface area contributed by atoms with Crippen molar-refractivity contribution < 1.29 is 14.2 Å². The number of ether oxygens (including phenoxy) is 3. The maximum absolute atomic E-state index is 5.32. The fraction of sp³-hybridized carbons (Fsp3) is 0.400. The maximum Gasteiger partial charge on any atom is 0.249 e. The number of methoxy groups -OCH3 is 3. The van der Waals surface area contributed by atoms with Gasteiger partial charge >= 0.3 is 0 Å². The molecule has 1 aromatic carbocycles. The molecule has 124 valence electrons. The highest BCUT2D eigenvalue weighted by molar-refractivity contribution is 5.65. The zero-order valence-corrected chi connectivity index (χ0v) is 13.9. The van der Waals surface area contributed by atoms with Gasteiger partial charge in [-0.3, -0.25) is 0 Å². The first-order chi connectivity index (χ1) is 11.1. The zero-order chi connectivity index (χ0) is 16.8. The molecular weight excluding hydrogens is 298 g/mol. The predicted molar refractivity (Wildman–Crippen MR) is 88.0 cm³/mol. The normalized spacial score (nSPS) is 10.3. The minimum Gasteiger partial charge on any atom is -0.493 e. The van der Waals surface area contributed by atoms with E-state index in [-0.39, 0.29) is 6.04 Å². The first-order valence-electron chi connectivity index (χ1n) is 7.10. The van der Waals surface area contributed by atoms with Crippen LogP contribution in [0.25, 0.3) is 0 Å². The van der Waals surface area contributed by atoms with Gasteiger partial charge in [0, 0.05) is 23.9 Å². The van der Waals surface area contributed by atoms with Gasteiger partial charge in [0.05, 0.1) is 27.5 Å². The van der Waals surface area contributed by atoms with Gasteiger partial charge in [0.1, 0.15) is 0 Å². The van der Waals surface area contributed by atoms with Crippen LogP contribution >= 0.6 is 0 Å². The summed E-state index contributed by atoms with van der Waals surface area (Å²) in [6.07, 6.45) is 1.57. The summed E-state index contributed by atoms with van der Waals surface area (Å²) in [5, 5.41) is 14.1. The highest BCUT2D eigenvalue weighted by Crippen LogP contribution is 2.40. The Hall–Kier alpha value is -2.77. The molecule has 0 fully saturated rings. The van der Waals surface area contributed by atoms with Gasteiger partial charge in [0.15, 0.2) is 17.3 Å². The standard InChI is InChI=1S/C15H21N5O3/c1-9(2)17-13-8-16-20-15(19-13)18-10-6-11(21-3)14(23-5)12(7-10)22-4/h6-9H,1-5H3,(H2,17,18,19,20). The largest absolute Gasteiger partial charge is 0.493 e. The summed E-state index contributed by atoms with van der Waals surface area (Å²) < 4.78 is 15.9. The van der Waals surface area contributed by atoms with Gasteiger partial charge in [-0.1, -0.05) is 0 Å². The Kier molecular flexibility index (Phi) is 5.40. The Morgan fingerprint density at radius 1 is 1.00 bits per heavy atom. The Labute approximate surface area is 135 Å². The topological polar surface area (TPSA) is 90.4 Å². The SMILES string of the molecule is COc1cc(Nc2nncc(NC(C)C)n2)cc(OC)c1OC. The van der Waals surface area contributed by atoms with Gasteiger partial charge in [0.25, 0.3) is 0 Å². The first kappa shape index (κ1) is 16.6. The van der Waals surface area contributed by atoms with Crippen LogP contribution in [-0.2, 0) is 0 Å². The maximum atomic E-state index is 5.32. The molecule has 0 amide bonds. The van der Waals surface area contributed by atoms with E-state index in [1.54, 1.807) is 39.7 Å². The highest BCUT2D eigenvalue weighted by Gasteiger charge is 2.14. The minimum atomic E-state index is 0.251. The van der Waals surface area contributed by atoms with Crippen LogP contribution in [0.3, 0.4) is 0 Å². The van der Waals surface area contributed by atoms with Crippen molar-refractivity contribution >= 4 is 17.5 Å². The van der Waals surface area contributed by atoms with E-state index >= 15 is 0 Å². The van der Waals surface area contributed by atoms with Crippen LogP contribution in [0.2, 0.25) is 0 Å². The van der Waals surface area contributed by atoms with Crippen molar-refractivity contribution in [2.45, 2.75) is 19.9 Å². The molecule has 2 aromatic rings. The van der Waals surface area contributed by atoms with E-state index in [0.717, 1.165) is 0 Å². The highest BCUT2D eigenvalue weighted by atomic mass is 16.5. The lowest BCUT2D eigenvalue weighted by Gasteiger charge is -2.14. The number of hydrogen-bond acceptors (Lipinski definition) is 8. The second-order valence-electron chi connectivity index (χ2n) is 5.00. The summed E-state index contributed by atoms with van der Waals surface area (Å²) in [6, 6.07) is 3.79. The molecule has 2 rings (SSSR count). The van der Waals surface area contributed by atoms with E-state index in [4.69, 9.17) is 14.2 Å². The number of anilines is 3. The van der Waals surface area contributed by atoms with E-state index in [0.29, 0.717) is 34.7 Å². The van der Waals surface area contributed by atoms with E-state index in [1.165, 1.54) is 0 Å². The molecule has 0 saturated heterocycles. The Morgan fingerprint density at radius 3 is 2.17 bits per heavy atom. The summed E-state index contributed by atoms with van der Waals surface area (Å²) in [5.41, 5.74) is 0.697. The third kappa shape index (κ3) is 4.12. The lowest BCUT2D eigenvalue weighted by atomic mass is 10.2. The van der Waals surface area contributed by atoms with Crippen molar-refractivity contribution in [1.82, 2.24) is 15.2 Å². The van der Waals surface area contributed by atoms with E-state index < -0.39 is 0 Å². The Bertz CT molecular complexity index is 638. The molecule has 0 bridgehead atoms. The van der Waals surface area contributed by atoms with Crippen molar-refractivity contribution in [2.75, 3.05) is 32.0 Å². The van der Waals surface area contributed by atoms with Gasteiger partial charge in [-0.2, -0.15) is 10.1 Å². The summed E-state index contributed by atoms with van der Waals surface area (Å²) in [5.74, 6) is 2.61. The summed E-state index contributed by atoms with van der Waals surface area (Å²) in [7, 11) is 4.68. The molecule has 2 N–H and O–H groups in total. The van der Waals surface area contributed by atoms with Crippen LogP contribution in [0.1, 0.15) is 13.8 Å². The summed E-state index contributed by atoms with van der Waals surface area (Å²) in [4.78, 5) is 4.35. The van der Waals surface area contributed by atoms with Crippen LogP contribution in [0.4, 0.5) is 17.5 Å². The quantitative estimate of drug-likeness (QED) is 0.804. The Balaban J connectivity index is 2.29. The number of rotatable bonds is 7. The fourth-order valence-corrected chi connectivity index (χ4v) is 2.00. The monoisotopic (exact) mass is 319 g/mol. The first-order valence-corrected chi connectivity index (χ1v) is 7.10. The number of hydrogen-bond donors (Lipinski definition) is 2. The van der Waals surface area contributed by atoms with Crippen LogP contribution in [0.5, 0.6) is 17.2 Å². The molecular formula is C15H21N5O3. The third-order valence-electron chi connectivity index (χ3n) is 2.92. The molecule has 1 aromatic heterocycles. The molecule has 0 atom stereocenters. The lowest BCUT2D eigenvalue weighted by molar-refractivity contribution is 0.324. The average Bonchev–Trinajstić information content (AvgIpc) is 2.53. The summed E-state index contributed by atoms with van der Waals surface area (Å²) >= 11 is 0. The molecule has 0 aliphatic heterocycles. The van der Waals surface area contributed by atoms with Gasteiger partial charge in [0.2, 0.25) is 11.7 Å². The lowest BCUT2D eigenvalue weighted by Crippen LogP contribution is -2.12. The second kappa shape index (κ2) is 7.48. The van der Waals surface area contributed by atoms with Gasteiger partial charge in [-0.25, -0.2) is 0 Å². The number of nitrogens with zero attached hydrogens (tertiary/aromatic N) is 3. The number of aromatic nitrogens is 3. The van der Waals surface area contributed by atoms with Crippen molar-refractivity contribution in [3.05, 3.63) is 18.3 Å². The van der Waals surface area contributed by atoms with E-state index in [1.807, 2.05) is 13.8 Å².